The molecule has 1 aliphatic rings. The third kappa shape index (κ3) is 4.45. The number of esters is 1. The van der Waals surface area contributed by atoms with E-state index in [2.05, 4.69) is 0 Å². The molecule has 0 saturated heterocycles. The molecule has 1 fully saturated rings. The highest BCUT2D eigenvalue weighted by atomic mass is 16.5. The van der Waals surface area contributed by atoms with Crippen molar-refractivity contribution in [2.24, 2.45) is 11.8 Å². The van der Waals surface area contributed by atoms with Gasteiger partial charge in [-0.1, -0.05) is 32.8 Å². The van der Waals surface area contributed by atoms with E-state index in [1.54, 1.807) is 6.08 Å². The number of ether oxygens (including phenoxy) is 1. The Labute approximate surface area is 86.3 Å². The predicted molar refractivity (Wildman–Crippen MR) is 56.9 cm³/mol. The highest BCUT2D eigenvalue weighted by Gasteiger charge is 2.11. The van der Waals surface area contributed by atoms with Crippen LogP contribution in [0.2, 0.25) is 0 Å². The zero-order valence-corrected chi connectivity index (χ0v) is 9.16. The molecule has 0 radical (unpaired) electrons. The molecule has 2 heteroatoms. The van der Waals surface area contributed by atoms with Crippen LogP contribution in [0, 0.1) is 11.8 Å². The van der Waals surface area contributed by atoms with Gasteiger partial charge < -0.3 is 4.74 Å². The molecule has 0 aromatic carbocycles. The highest BCUT2D eigenvalue weighted by molar-refractivity contribution is 5.81. The summed E-state index contributed by atoms with van der Waals surface area (Å²) in [6.07, 6.45) is 8.67. The van der Waals surface area contributed by atoms with E-state index in [1.807, 2.05) is 19.9 Å². The van der Waals surface area contributed by atoms with Crippen molar-refractivity contribution in [2.75, 3.05) is 6.61 Å². The van der Waals surface area contributed by atoms with Gasteiger partial charge in [0.2, 0.25) is 0 Å². The molecule has 2 nitrogen and oxygen atoms in total. The second-order valence-corrected chi connectivity index (χ2v) is 4.43. The van der Waals surface area contributed by atoms with Crippen molar-refractivity contribution in [1.29, 1.82) is 0 Å². The van der Waals surface area contributed by atoms with E-state index in [0.717, 1.165) is 0 Å². The fourth-order valence-corrected chi connectivity index (χ4v) is 1.66. The number of carbonyl (C=O) groups is 1. The lowest BCUT2D eigenvalue weighted by Gasteiger charge is -2.04. The zero-order valence-electron chi connectivity index (χ0n) is 9.16. The van der Waals surface area contributed by atoms with E-state index < -0.39 is 0 Å². The summed E-state index contributed by atoms with van der Waals surface area (Å²) < 4.78 is 5.04. The minimum Gasteiger partial charge on any atom is -0.462 e. The van der Waals surface area contributed by atoms with E-state index >= 15 is 0 Å². The van der Waals surface area contributed by atoms with Gasteiger partial charge in [0.15, 0.2) is 0 Å². The number of hydrogen-bond acceptors (Lipinski definition) is 2. The van der Waals surface area contributed by atoms with Gasteiger partial charge in [0.1, 0.15) is 0 Å². The summed E-state index contributed by atoms with van der Waals surface area (Å²) in [6.45, 7) is 4.59. The normalized spacial score (nSPS) is 18.2. The Kier molecular flexibility index (Phi) is 4.71. The number of rotatable bonds is 4. The average molecular weight is 196 g/mol. The molecule has 0 N–H and O–H groups in total. The minimum absolute atomic E-state index is 0.189. The van der Waals surface area contributed by atoms with E-state index in [0.29, 0.717) is 18.4 Å². The maximum atomic E-state index is 11.2. The first-order chi connectivity index (χ1) is 6.68. The molecule has 1 rings (SSSR count). The van der Waals surface area contributed by atoms with Crippen LogP contribution in [0.5, 0.6) is 0 Å². The zero-order chi connectivity index (χ0) is 10.4. The number of hydrogen-bond donors (Lipinski definition) is 0. The topological polar surface area (TPSA) is 26.3 Å². The summed E-state index contributed by atoms with van der Waals surface area (Å²) in [5.74, 6) is 0.839. The lowest BCUT2D eigenvalue weighted by atomic mass is 10.1. The lowest BCUT2D eigenvalue weighted by Crippen LogP contribution is -2.07. The molecule has 0 aromatic heterocycles. The van der Waals surface area contributed by atoms with Gasteiger partial charge in [-0.05, 0) is 24.7 Å². The SMILES string of the molecule is CC(C)COC(=O)/C=C/C1CCCC1. The van der Waals surface area contributed by atoms with Crippen molar-refractivity contribution in [3.63, 3.8) is 0 Å². The molecule has 0 spiro atoms. The maximum absolute atomic E-state index is 11.2. The predicted octanol–water partition coefficient (Wildman–Crippen LogP) is 2.93. The summed E-state index contributed by atoms with van der Waals surface area (Å²) in [6, 6.07) is 0. The molecule has 0 unspecified atom stereocenters. The fourth-order valence-electron chi connectivity index (χ4n) is 1.66. The smallest absolute Gasteiger partial charge is 0.330 e. The molecule has 0 atom stereocenters. The lowest BCUT2D eigenvalue weighted by molar-refractivity contribution is -0.138. The molecule has 0 aliphatic heterocycles. The first-order valence-electron chi connectivity index (χ1n) is 5.53. The van der Waals surface area contributed by atoms with Crippen LogP contribution in [0.3, 0.4) is 0 Å². The summed E-state index contributed by atoms with van der Waals surface area (Å²) in [5.41, 5.74) is 0. The van der Waals surface area contributed by atoms with Crippen molar-refractivity contribution >= 4 is 5.97 Å². The Hall–Kier alpha value is -0.790. The van der Waals surface area contributed by atoms with Crippen LogP contribution in [0.15, 0.2) is 12.2 Å². The third-order valence-corrected chi connectivity index (χ3v) is 2.46. The van der Waals surface area contributed by atoms with Crippen molar-refractivity contribution in [3.05, 3.63) is 12.2 Å². The van der Waals surface area contributed by atoms with Gasteiger partial charge in [-0.25, -0.2) is 4.79 Å². The Balaban J connectivity index is 2.18. The minimum atomic E-state index is -0.189. The van der Waals surface area contributed by atoms with Crippen molar-refractivity contribution in [2.45, 2.75) is 39.5 Å². The van der Waals surface area contributed by atoms with Crippen LogP contribution in [0.25, 0.3) is 0 Å². The maximum Gasteiger partial charge on any atom is 0.330 e. The molecule has 14 heavy (non-hydrogen) atoms. The van der Waals surface area contributed by atoms with E-state index in [1.165, 1.54) is 25.7 Å². The van der Waals surface area contributed by atoms with Crippen LogP contribution in [0.4, 0.5) is 0 Å². The molecule has 0 aromatic rings. The summed E-state index contributed by atoms with van der Waals surface area (Å²) in [7, 11) is 0. The Morgan fingerprint density at radius 2 is 2.07 bits per heavy atom. The average Bonchev–Trinajstić information content (AvgIpc) is 2.63. The molecular formula is C12H20O2. The summed E-state index contributed by atoms with van der Waals surface area (Å²) in [5, 5.41) is 0. The third-order valence-electron chi connectivity index (χ3n) is 2.46. The van der Waals surface area contributed by atoms with Crippen molar-refractivity contribution in [1.82, 2.24) is 0 Å². The van der Waals surface area contributed by atoms with E-state index in [4.69, 9.17) is 4.74 Å². The van der Waals surface area contributed by atoms with Crippen molar-refractivity contribution < 1.29 is 9.53 Å². The summed E-state index contributed by atoms with van der Waals surface area (Å²) in [4.78, 5) is 11.2. The Morgan fingerprint density at radius 3 is 2.64 bits per heavy atom. The highest BCUT2D eigenvalue weighted by Crippen LogP contribution is 2.25. The molecule has 1 saturated carbocycles. The molecule has 1 aliphatic carbocycles. The molecule has 0 amide bonds. The fraction of sp³-hybridized carbons (Fsp3) is 0.750. The van der Waals surface area contributed by atoms with Gasteiger partial charge in [0, 0.05) is 6.08 Å². The van der Waals surface area contributed by atoms with Gasteiger partial charge in [0.25, 0.3) is 0 Å². The largest absolute Gasteiger partial charge is 0.462 e. The van der Waals surface area contributed by atoms with Crippen LogP contribution in [-0.2, 0) is 9.53 Å². The van der Waals surface area contributed by atoms with E-state index in [-0.39, 0.29) is 5.97 Å². The monoisotopic (exact) mass is 196 g/mol. The van der Waals surface area contributed by atoms with Gasteiger partial charge >= 0.3 is 5.97 Å². The quantitative estimate of drug-likeness (QED) is 0.510. The second-order valence-electron chi connectivity index (χ2n) is 4.43. The standard InChI is InChI=1S/C12H20O2/c1-10(2)9-14-12(13)8-7-11-5-3-4-6-11/h7-8,10-11H,3-6,9H2,1-2H3/b8-7+. The van der Waals surface area contributed by atoms with Gasteiger partial charge in [-0.15, -0.1) is 0 Å². The molecule has 0 bridgehead atoms. The van der Waals surface area contributed by atoms with Gasteiger partial charge in [0.05, 0.1) is 6.61 Å². The summed E-state index contributed by atoms with van der Waals surface area (Å²) >= 11 is 0. The second kappa shape index (κ2) is 5.84. The Morgan fingerprint density at radius 1 is 1.43 bits per heavy atom. The number of carbonyl (C=O) groups excluding carboxylic acids is 1. The molecule has 0 heterocycles. The molecule has 80 valence electrons. The Bertz CT molecular complexity index is 200. The van der Waals surface area contributed by atoms with Crippen LogP contribution in [-0.4, -0.2) is 12.6 Å². The van der Waals surface area contributed by atoms with Crippen LogP contribution < -0.4 is 0 Å². The molecular weight excluding hydrogens is 176 g/mol. The van der Waals surface area contributed by atoms with Crippen molar-refractivity contribution in [3.8, 4) is 0 Å². The first kappa shape index (κ1) is 11.3. The number of allylic oxidation sites excluding steroid dienone is 1. The van der Waals surface area contributed by atoms with Crippen LogP contribution in [0.1, 0.15) is 39.5 Å². The van der Waals surface area contributed by atoms with E-state index in [9.17, 15) is 4.79 Å². The van der Waals surface area contributed by atoms with Crippen LogP contribution >= 0.6 is 0 Å². The first-order valence-corrected chi connectivity index (χ1v) is 5.53. The van der Waals surface area contributed by atoms with Gasteiger partial charge in [-0.3, -0.25) is 0 Å². The van der Waals surface area contributed by atoms with Gasteiger partial charge in [-0.2, -0.15) is 0 Å².